The van der Waals surface area contributed by atoms with Crippen LogP contribution in [0.3, 0.4) is 0 Å². The predicted molar refractivity (Wildman–Crippen MR) is 71.1 cm³/mol. The molecule has 0 aromatic heterocycles. The number of hydrogen-bond acceptors (Lipinski definition) is 3. The molecule has 0 aromatic carbocycles. The molecule has 4 nitrogen and oxygen atoms in total. The standard InChI is InChI=1S/C14H25N3O/c15-13(10-3-4-10)8-14(18)17(12-5-6-12)9-11-2-1-7-16-11/h10-13,16H,1-9,15H2/t11-,13+/m1/s1. The number of hydrogen-bond donors (Lipinski definition) is 2. The summed E-state index contributed by atoms with van der Waals surface area (Å²) in [5, 5.41) is 3.49. The number of rotatable bonds is 6. The smallest absolute Gasteiger partial charge is 0.224 e. The Kier molecular flexibility index (Phi) is 3.57. The van der Waals surface area contributed by atoms with Crippen molar-refractivity contribution >= 4 is 5.91 Å². The summed E-state index contributed by atoms with van der Waals surface area (Å²) in [6, 6.07) is 1.15. The third kappa shape index (κ3) is 3.04. The van der Waals surface area contributed by atoms with E-state index in [4.69, 9.17) is 5.73 Å². The molecule has 3 fully saturated rings. The van der Waals surface area contributed by atoms with Crippen LogP contribution in [-0.2, 0) is 4.79 Å². The van der Waals surface area contributed by atoms with E-state index in [9.17, 15) is 4.79 Å². The number of nitrogens with two attached hydrogens (primary N) is 1. The van der Waals surface area contributed by atoms with Gasteiger partial charge in [-0.25, -0.2) is 0 Å². The summed E-state index contributed by atoms with van der Waals surface area (Å²) < 4.78 is 0. The predicted octanol–water partition coefficient (Wildman–Crippen LogP) is 0.857. The Morgan fingerprint density at radius 3 is 2.61 bits per heavy atom. The Labute approximate surface area is 109 Å². The van der Waals surface area contributed by atoms with Crippen molar-refractivity contribution in [1.29, 1.82) is 0 Å². The van der Waals surface area contributed by atoms with Crippen LogP contribution >= 0.6 is 0 Å². The van der Waals surface area contributed by atoms with Crippen LogP contribution < -0.4 is 11.1 Å². The van der Waals surface area contributed by atoms with Crippen molar-refractivity contribution in [3.05, 3.63) is 0 Å². The molecule has 1 saturated heterocycles. The molecule has 1 aliphatic heterocycles. The average Bonchev–Trinajstić information content (AvgIpc) is 3.25. The summed E-state index contributed by atoms with van der Waals surface area (Å²) >= 11 is 0. The van der Waals surface area contributed by atoms with Crippen molar-refractivity contribution in [1.82, 2.24) is 10.2 Å². The number of carbonyl (C=O) groups excluding carboxylic acids is 1. The first kappa shape index (κ1) is 12.4. The molecule has 0 radical (unpaired) electrons. The number of amides is 1. The van der Waals surface area contributed by atoms with E-state index in [0.717, 1.165) is 13.1 Å². The fourth-order valence-corrected chi connectivity index (χ4v) is 3.00. The Balaban J connectivity index is 1.52. The Bertz CT molecular complexity index is 306. The first-order valence-electron chi connectivity index (χ1n) is 7.52. The van der Waals surface area contributed by atoms with Crippen LogP contribution in [0.2, 0.25) is 0 Å². The second-order valence-electron chi connectivity index (χ2n) is 6.28. The second-order valence-corrected chi connectivity index (χ2v) is 6.28. The van der Waals surface area contributed by atoms with Gasteiger partial charge in [-0.15, -0.1) is 0 Å². The van der Waals surface area contributed by atoms with Gasteiger partial charge >= 0.3 is 0 Å². The fraction of sp³-hybridized carbons (Fsp3) is 0.929. The van der Waals surface area contributed by atoms with E-state index in [1.54, 1.807) is 0 Å². The molecule has 3 rings (SSSR count). The van der Waals surface area contributed by atoms with Crippen molar-refractivity contribution < 1.29 is 4.79 Å². The highest BCUT2D eigenvalue weighted by Crippen LogP contribution is 2.34. The quantitative estimate of drug-likeness (QED) is 0.736. The van der Waals surface area contributed by atoms with Crippen LogP contribution in [0.1, 0.15) is 44.9 Å². The van der Waals surface area contributed by atoms with Crippen LogP contribution in [-0.4, -0.2) is 42.0 Å². The summed E-state index contributed by atoms with van der Waals surface area (Å²) in [7, 11) is 0. The van der Waals surface area contributed by atoms with Crippen molar-refractivity contribution in [3.8, 4) is 0 Å². The van der Waals surface area contributed by atoms with E-state index in [1.807, 2.05) is 0 Å². The maximum atomic E-state index is 12.4. The van der Waals surface area contributed by atoms with Gasteiger partial charge in [-0.05, 0) is 51.0 Å². The fourth-order valence-electron chi connectivity index (χ4n) is 3.00. The molecule has 1 amide bonds. The highest BCUT2D eigenvalue weighted by atomic mass is 16.2. The zero-order valence-corrected chi connectivity index (χ0v) is 11.1. The summed E-state index contributed by atoms with van der Waals surface area (Å²) in [5.74, 6) is 0.921. The first-order chi connectivity index (χ1) is 8.74. The highest BCUT2D eigenvalue weighted by Gasteiger charge is 2.37. The maximum Gasteiger partial charge on any atom is 0.224 e. The van der Waals surface area contributed by atoms with Crippen LogP contribution in [0, 0.1) is 5.92 Å². The molecule has 0 aromatic rings. The normalized spacial score (nSPS) is 29.3. The number of carbonyl (C=O) groups is 1. The SMILES string of the molecule is N[C@@H](CC(=O)N(C[C@H]1CCCN1)C1CC1)C1CC1. The molecule has 2 atom stereocenters. The lowest BCUT2D eigenvalue weighted by Gasteiger charge is -2.27. The van der Waals surface area contributed by atoms with Gasteiger partial charge in [-0.3, -0.25) is 4.79 Å². The first-order valence-corrected chi connectivity index (χ1v) is 7.52. The minimum absolute atomic E-state index is 0.107. The van der Waals surface area contributed by atoms with E-state index in [2.05, 4.69) is 10.2 Å². The number of nitrogens with one attached hydrogen (secondary N) is 1. The van der Waals surface area contributed by atoms with Crippen molar-refractivity contribution in [2.45, 2.75) is 63.1 Å². The van der Waals surface area contributed by atoms with Gasteiger partial charge in [-0.1, -0.05) is 0 Å². The van der Waals surface area contributed by atoms with Crippen LogP contribution in [0.25, 0.3) is 0 Å². The van der Waals surface area contributed by atoms with Gasteiger partial charge in [-0.2, -0.15) is 0 Å². The lowest BCUT2D eigenvalue weighted by molar-refractivity contribution is -0.132. The molecule has 3 N–H and O–H groups in total. The molecule has 3 aliphatic rings. The van der Waals surface area contributed by atoms with Crippen molar-refractivity contribution in [2.24, 2.45) is 11.7 Å². The van der Waals surface area contributed by atoms with Crippen molar-refractivity contribution in [2.75, 3.05) is 13.1 Å². The third-order valence-electron chi connectivity index (χ3n) is 4.53. The van der Waals surface area contributed by atoms with Gasteiger partial charge < -0.3 is 16.0 Å². The summed E-state index contributed by atoms with van der Waals surface area (Å²) in [6.45, 7) is 2.01. The minimum Gasteiger partial charge on any atom is -0.338 e. The van der Waals surface area contributed by atoms with E-state index in [0.29, 0.717) is 30.3 Å². The molecular formula is C14H25N3O. The van der Waals surface area contributed by atoms with Gasteiger partial charge in [0.1, 0.15) is 0 Å². The molecule has 2 aliphatic carbocycles. The largest absolute Gasteiger partial charge is 0.338 e. The van der Waals surface area contributed by atoms with Gasteiger partial charge in [0, 0.05) is 31.1 Å². The minimum atomic E-state index is 0.107. The highest BCUT2D eigenvalue weighted by molar-refractivity contribution is 5.77. The molecule has 2 saturated carbocycles. The monoisotopic (exact) mass is 251 g/mol. The summed E-state index contributed by atoms with van der Waals surface area (Å²) in [6.07, 6.45) is 7.86. The van der Waals surface area contributed by atoms with E-state index < -0.39 is 0 Å². The third-order valence-corrected chi connectivity index (χ3v) is 4.53. The van der Waals surface area contributed by atoms with Gasteiger partial charge in [0.15, 0.2) is 0 Å². The Hall–Kier alpha value is -0.610. The molecule has 18 heavy (non-hydrogen) atoms. The number of nitrogens with zero attached hydrogens (tertiary/aromatic N) is 1. The lowest BCUT2D eigenvalue weighted by atomic mass is 10.1. The van der Waals surface area contributed by atoms with E-state index >= 15 is 0 Å². The van der Waals surface area contributed by atoms with Crippen molar-refractivity contribution in [3.63, 3.8) is 0 Å². The molecule has 102 valence electrons. The molecule has 0 spiro atoms. The Morgan fingerprint density at radius 1 is 1.28 bits per heavy atom. The molecule has 0 unspecified atom stereocenters. The maximum absolute atomic E-state index is 12.4. The lowest BCUT2D eigenvalue weighted by Crippen LogP contribution is -2.44. The molecule has 1 heterocycles. The topological polar surface area (TPSA) is 58.4 Å². The molecule has 0 bridgehead atoms. The zero-order chi connectivity index (χ0) is 12.5. The van der Waals surface area contributed by atoms with E-state index in [-0.39, 0.29) is 6.04 Å². The molecule has 4 heteroatoms. The van der Waals surface area contributed by atoms with Gasteiger partial charge in [0.25, 0.3) is 0 Å². The van der Waals surface area contributed by atoms with Crippen LogP contribution in [0.5, 0.6) is 0 Å². The van der Waals surface area contributed by atoms with Crippen LogP contribution in [0.4, 0.5) is 0 Å². The molecular weight excluding hydrogens is 226 g/mol. The van der Waals surface area contributed by atoms with Gasteiger partial charge in [0.05, 0.1) is 0 Å². The Morgan fingerprint density at radius 2 is 2.06 bits per heavy atom. The zero-order valence-electron chi connectivity index (χ0n) is 11.1. The summed E-state index contributed by atoms with van der Waals surface area (Å²) in [4.78, 5) is 14.5. The average molecular weight is 251 g/mol. The van der Waals surface area contributed by atoms with Gasteiger partial charge in [0.2, 0.25) is 5.91 Å². The summed E-state index contributed by atoms with van der Waals surface area (Å²) in [5.41, 5.74) is 6.08. The van der Waals surface area contributed by atoms with E-state index in [1.165, 1.54) is 38.5 Å². The van der Waals surface area contributed by atoms with Crippen LogP contribution in [0.15, 0.2) is 0 Å². The second kappa shape index (κ2) is 5.17.